The van der Waals surface area contributed by atoms with Crippen molar-refractivity contribution in [3.05, 3.63) is 23.9 Å². The number of amidine groups is 1. The van der Waals surface area contributed by atoms with E-state index >= 15 is 0 Å². The van der Waals surface area contributed by atoms with E-state index in [9.17, 15) is 0 Å². The molecule has 1 heterocycles. The van der Waals surface area contributed by atoms with Crippen molar-refractivity contribution in [2.45, 2.75) is 13.3 Å². The topological polar surface area (TPSA) is 74.7 Å². The lowest BCUT2D eigenvalue weighted by Gasteiger charge is -2.17. The van der Waals surface area contributed by atoms with Crippen LogP contribution in [0, 0.1) is 6.92 Å². The van der Waals surface area contributed by atoms with Crippen molar-refractivity contribution in [3.8, 4) is 0 Å². The maximum absolute atomic E-state index is 8.39. The summed E-state index contributed by atoms with van der Waals surface area (Å²) in [6.07, 6.45) is 2.28. The zero-order valence-electron chi connectivity index (χ0n) is 9.01. The van der Waals surface area contributed by atoms with Gasteiger partial charge in [0.2, 0.25) is 0 Å². The number of aryl methyl sites for hydroxylation is 1. The molecule has 0 amide bonds. The first kappa shape index (κ1) is 11.3. The lowest BCUT2D eigenvalue weighted by Crippen LogP contribution is -2.25. The van der Waals surface area contributed by atoms with Crippen LogP contribution in [0.1, 0.15) is 12.0 Å². The second-order valence-electron chi connectivity index (χ2n) is 3.45. The van der Waals surface area contributed by atoms with Crippen LogP contribution in [-0.4, -0.2) is 29.6 Å². The molecule has 0 fully saturated rings. The van der Waals surface area contributed by atoms with Crippen molar-refractivity contribution in [3.63, 3.8) is 0 Å². The maximum atomic E-state index is 8.39. The molecule has 0 unspecified atom stereocenters. The standard InChI is InChI=1S/C10H16N4O/c1-8-3-5-12-10(7-8)14(2)6-4-9(11)13-15/h3,5,7,15H,4,6H2,1-2H3,(H2,11,13). The Labute approximate surface area is 89.2 Å². The van der Waals surface area contributed by atoms with Crippen LogP contribution in [-0.2, 0) is 0 Å². The zero-order valence-corrected chi connectivity index (χ0v) is 9.01. The van der Waals surface area contributed by atoms with Gasteiger partial charge in [0.25, 0.3) is 0 Å². The first-order valence-electron chi connectivity index (χ1n) is 4.73. The third kappa shape index (κ3) is 3.46. The average molecular weight is 208 g/mol. The smallest absolute Gasteiger partial charge is 0.140 e. The Bertz CT molecular complexity index is 351. The fourth-order valence-electron chi connectivity index (χ4n) is 1.18. The predicted octanol–water partition coefficient (Wildman–Crippen LogP) is 0.963. The molecule has 0 saturated carbocycles. The number of pyridine rings is 1. The summed E-state index contributed by atoms with van der Waals surface area (Å²) < 4.78 is 0. The molecule has 0 aromatic carbocycles. The van der Waals surface area contributed by atoms with Crippen LogP contribution in [0.15, 0.2) is 23.5 Å². The summed E-state index contributed by atoms with van der Waals surface area (Å²) in [7, 11) is 1.92. The van der Waals surface area contributed by atoms with Gasteiger partial charge in [-0.25, -0.2) is 4.98 Å². The van der Waals surface area contributed by atoms with E-state index in [4.69, 9.17) is 10.9 Å². The number of rotatable bonds is 4. The summed E-state index contributed by atoms with van der Waals surface area (Å²) in [6, 6.07) is 3.94. The van der Waals surface area contributed by atoms with Gasteiger partial charge in [-0.1, -0.05) is 5.16 Å². The first-order valence-corrected chi connectivity index (χ1v) is 4.73. The Morgan fingerprint density at radius 1 is 1.67 bits per heavy atom. The van der Waals surface area contributed by atoms with E-state index in [1.807, 2.05) is 31.0 Å². The fourth-order valence-corrected chi connectivity index (χ4v) is 1.18. The van der Waals surface area contributed by atoms with E-state index in [0.29, 0.717) is 13.0 Å². The monoisotopic (exact) mass is 208 g/mol. The van der Waals surface area contributed by atoms with Gasteiger partial charge in [0, 0.05) is 26.2 Å². The third-order valence-electron chi connectivity index (χ3n) is 2.12. The van der Waals surface area contributed by atoms with Crippen LogP contribution in [0.5, 0.6) is 0 Å². The molecule has 0 aliphatic heterocycles. The van der Waals surface area contributed by atoms with E-state index in [1.54, 1.807) is 6.20 Å². The molecule has 0 saturated heterocycles. The molecule has 1 rings (SSSR count). The highest BCUT2D eigenvalue weighted by molar-refractivity contribution is 5.80. The van der Waals surface area contributed by atoms with E-state index in [1.165, 1.54) is 0 Å². The largest absolute Gasteiger partial charge is 0.409 e. The van der Waals surface area contributed by atoms with Gasteiger partial charge in [-0.05, 0) is 24.6 Å². The average Bonchev–Trinajstić information content (AvgIpc) is 2.25. The number of nitrogens with zero attached hydrogens (tertiary/aromatic N) is 3. The first-order chi connectivity index (χ1) is 7.13. The van der Waals surface area contributed by atoms with Crippen molar-refractivity contribution in [1.29, 1.82) is 0 Å². The van der Waals surface area contributed by atoms with Crippen molar-refractivity contribution < 1.29 is 5.21 Å². The second kappa shape index (κ2) is 5.19. The van der Waals surface area contributed by atoms with Gasteiger partial charge < -0.3 is 15.8 Å². The van der Waals surface area contributed by atoms with Crippen LogP contribution in [0.25, 0.3) is 0 Å². The van der Waals surface area contributed by atoms with Gasteiger partial charge in [0.15, 0.2) is 0 Å². The molecular weight excluding hydrogens is 192 g/mol. The molecule has 1 aromatic rings. The normalized spacial score (nSPS) is 11.5. The van der Waals surface area contributed by atoms with Crippen molar-refractivity contribution in [1.82, 2.24) is 4.98 Å². The molecule has 0 spiro atoms. The second-order valence-corrected chi connectivity index (χ2v) is 3.45. The Morgan fingerprint density at radius 3 is 3.00 bits per heavy atom. The molecule has 5 nitrogen and oxygen atoms in total. The van der Waals surface area contributed by atoms with Gasteiger partial charge in [-0.15, -0.1) is 0 Å². The van der Waals surface area contributed by atoms with Crippen LogP contribution in [0.3, 0.4) is 0 Å². The summed E-state index contributed by atoms with van der Waals surface area (Å²) >= 11 is 0. The van der Waals surface area contributed by atoms with Crippen molar-refractivity contribution in [2.24, 2.45) is 10.9 Å². The number of nitrogens with two attached hydrogens (primary N) is 1. The summed E-state index contributed by atoms with van der Waals surface area (Å²) in [4.78, 5) is 6.19. The minimum absolute atomic E-state index is 0.231. The molecule has 3 N–H and O–H groups in total. The van der Waals surface area contributed by atoms with Gasteiger partial charge in [-0.3, -0.25) is 0 Å². The minimum Gasteiger partial charge on any atom is -0.409 e. The number of aromatic nitrogens is 1. The van der Waals surface area contributed by atoms with Crippen LogP contribution >= 0.6 is 0 Å². The van der Waals surface area contributed by atoms with Crippen molar-refractivity contribution >= 4 is 11.7 Å². The molecule has 0 aliphatic rings. The molecule has 1 aromatic heterocycles. The lowest BCUT2D eigenvalue weighted by molar-refractivity contribution is 0.317. The quantitative estimate of drug-likeness (QED) is 0.334. The van der Waals surface area contributed by atoms with Gasteiger partial charge in [0.1, 0.15) is 11.7 Å². The summed E-state index contributed by atoms with van der Waals surface area (Å²) in [6.45, 7) is 2.69. The van der Waals surface area contributed by atoms with Gasteiger partial charge in [-0.2, -0.15) is 0 Å². The molecule has 0 radical (unpaired) electrons. The summed E-state index contributed by atoms with van der Waals surface area (Å²) in [5.41, 5.74) is 6.54. The van der Waals surface area contributed by atoms with Gasteiger partial charge in [0.05, 0.1) is 0 Å². The predicted molar refractivity (Wildman–Crippen MR) is 60.3 cm³/mol. The Hall–Kier alpha value is -1.78. The summed E-state index contributed by atoms with van der Waals surface area (Å²) in [5.74, 6) is 1.12. The Kier molecular flexibility index (Phi) is 3.91. The maximum Gasteiger partial charge on any atom is 0.140 e. The van der Waals surface area contributed by atoms with Crippen LogP contribution in [0.4, 0.5) is 5.82 Å². The summed E-state index contributed by atoms with van der Waals surface area (Å²) in [5, 5.41) is 11.3. The van der Waals surface area contributed by atoms with Crippen LogP contribution < -0.4 is 10.6 Å². The molecule has 5 heteroatoms. The molecular formula is C10H16N4O. The molecule has 82 valence electrons. The zero-order chi connectivity index (χ0) is 11.3. The van der Waals surface area contributed by atoms with E-state index in [2.05, 4.69) is 10.1 Å². The third-order valence-corrected chi connectivity index (χ3v) is 2.12. The number of oxime groups is 1. The molecule has 15 heavy (non-hydrogen) atoms. The highest BCUT2D eigenvalue weighted by Crippen LogP contribution is 2.10. The molecule has 0 atom stereocenters. The Morgan fingerprint density at radius 2 is 2.40 bits per heavy atom. The lowest BCUT2D eigenvalue weighted by atomic mass is 10.3. The highest BCUT2D eigenvalue weighted by Gasteiger charge is 2.03. The van der Waals surface area contributed by atoms with Gasteiger partial charge >= 0.3 is 0 Å². The molecule has 0 aliphatic carbocycles. The number of hydrogen-bond donors (Lipinski definition) is 2. The van der Waals surface area contributed by atoms with E-state index in [0.717, 1.165) is 11.4 Å². The molecule has 0 bridgehead atoms. The van der Waals surface area contributed by atoms with E-state index in [-0.39, 0.29) is 5.84 Å². The van der Waals surface area contributed by atoms with E-state index < -0.39 is 0 Å². The highest BCUT2D eigenvalue weighted by atomic mass is 16.4. The number of hydrogen-bond acceptors (Lipinski definition) is 4. The SMILES string of the molecule is Cc1ccnc(N(C)CCC(N)=NO)c1. The Balaban J connectivity index is 2.57. The number of anilines is 1. The minimum atomic E-state index is 0.231. The fraction of sp³-hybridized carbons (Fsp3) is 0.400. The van der Waals surface area contributed by atoms with Crippen molar-refractivity contribution in [2.75, 3.05) is 18.5 Å². The van der Waals surface area contributed by atoms with Crippen LogP contribution in [0.2, 0.25) is 0 Å².